The molecule has 1 fully saturated rings. The lowest BCUT2D eigenvalue weighted by atomic mass is 10.2. The van der Waals surface area contributed by atoms with Crippen LogP contribution in [-0.4, -0.2) is 54.5 Å². The van der Waals surface area contributed by atoms with Crippen LogP contribution in [0.25, 0.3) is 0 Å². The van der Waals surface area contributed by atoms with Crippen molar-refractivity contribution in [3.05, 3.63) is 70.0 Å². The molecule has 4 rings (SSSR count). The zero-order valence-electron chi connectivity index (χ0n) is 17.7. The molecule has 172 valence electrons. The second-order valence-electron chi connectivity index (χ2n) is 7.28. The van der Waals surface area contributed by atoms with E-state index in [0.717, 1.165) is 18.0 Å². The predicted molar refractivity (Wildman–Crippen MR) is 127 cm³/mol. The highest BCUT2D eigenvalue weighted by Gasteiger charge is 2.25. The summed E-state index contributed by atoms with van der Waals surface area (Å²) in [4.78, 5) is 32.3. The summed E-state index contributed by atoms with van der Waals surface area (Å²) in [6.07, 6.45) is 1.43. The number of thiophene rings is 1. The number of pyridine rings is 1. The number of amides is 2. The molecular weight excluding hydrogens is 464 g/mol. The summed E-state index contributed by atoms with van der Waals surface area (Å²) in [5.74, 6) is -0.519. The predicted octanol–water partition coefficient (Wildman–Crippen LogP) is 3.72. The van der Waals surface area contributed by atoms with Crippen molar-refractivity contribution in [1.29, 1.82) is 0 Å². The number of halogens is 1. The quantitative estimate of drug-likeness (QED) is 0.494. The molecule has 0 aliphatic carbocycles. The monoisotopic (exact) mass is 486 g/mol. The van der Waals surface area contributed by atoms with Crippen LogP contribution in [0.15, 0.2) is 60.1 Å². The van der Waals surface area contributed by atoms with Crippen molar-refractivity contribution < 1.29 is 19.1 Å². The number of hydrogen-bond acceptors (Lipinski definition) is 7. The molecule has 2 aromatic heterocycles. The Morgan fingerprint density at radius 2 is 1.91 bits per heavy atom. The second-order valence-corrected chi connectivity index (χ2v) is 8.70. The fourth-order valence-corrected chi connectivity index (χ4v) is 4.36. The maximum Gasteiger partial charge on any atom is 0.313 e. The van der Waals surface area contributed by atoms with Crippen molar-refractivity contribution in [2.45, 2.75) is 6.04 Å². The first-order valence-electron chi connectivity index (χ1n) is 10.4. The molecule has 3 aromatic rings. The van der Waals surface area contributed by atoms with Gasteiger partial charge in [-0.3, -0.25) is 14.5 Å². The third kappa shape index (κ3) is 6.52. The van der Waals surface area contributed by atoms with Crippen LogP contribution in [0.2, 0.25) is 5.02 Å². The van der Waals surface area contributed by atoms with E-state index in [0.29, 0.717) is 42.1 Å². The zero-order valence-corrected chi connectivity index (χ0v) is 19.3. The molecule has 1 unspecified atom stereocenters. The highest BCUT2D eigenvalue weighted by molar-refractivity contribution is 7.10. The van der Waals surface area contributed by atoms with Crippen LogP contribution in [0.4, 0.5) is 5.69 Å². The molecule has 0 radical (unpaired) electrons. The molecule has 33 heavy (non-hydrogen) atoms. The van der Waals surface area contributed by atoms with Gasteiger partial charge >= 0.3 is 11.8 Å². The minimum atomic E-state index is -0.755. The molecule has 2 amide bonds. The fraction of sp³-hybridized carbons (Fsp3) is 0.261. The molecule has 8 nitrogen and oxygen atoms in total. The number of rotatable bonds is 7. The number of morpholine rings is 1. The van der Waals surface area contributed by atoms with Gasteiger partial charge in [0.2, 0.25) is 5.88 Å². The molecule has 1 atom stereocenters. The van der Waals surface area contributed by atoms with Crippen molar-refractivity contribution >= 4 is 40.4 Å². The van der Waals surface area contributed by atoms with E-state index in [9.17, 15) is 9.59 Å². The average Bonchev–Trinajstić information content (AvgIpc) is 3.37. The average molecular weight is 487 g/mol. The van der Waals surface area contributed by atoms with Gasteiger partial charge in [0.15, 0.2) is 0 Å². The first kappa shape index (κ1) is 23.2. The van der Waals surface area contributed by atoms with Crippen LogP contribution in [0, 0.1) is 0 Å². The second kappa shape index (κ2) is 11.2. The van der Waals surface area contributed by atoms with E-state index in [-0.39, 0.29) is 6.04 Å². The number of hydrogen-bond donors (Lipinski definition) is 2. The van der Waals surface area contributed by atoms with Gasteiger partial charge in [0.25, 0.3) is 0 Å². The number of carbonyl (C=O) groups excluding carboxylic acids is 2. The van der Waals surface area contributed by atoms with E-state index in [2.05, 4.69) is 20.5 Å². The Kier molecular flexibility index (Phi) is 7.90. The number of nitrogens with zero attached hydrogens (tertiary/aromatic N) is 2. The summed E-state index contributed by atoms with van der Waals surface area (Å²) in [5, 5.41) is 7.93. The van der Waals surface area contributed by atoms with Gasteiger partial charge in [0.05, 0.1) is 31.1 Å². The van der Waals surface area contributed by atoms with E-state index in [1.165, 1.54) is 6.20 Å². The number of anilines is 1. The Bertz CT molecular complexity index is 1060. The SMILES string of the molecule is O=C(NCC(c1cccs1)N1CCOCC1)C(=O)Nc1ccc(Oc2ccc(Cl)cc2)nc1. The highest BCUT2D eigenvalue weighted by Crippen LogP contribution is 2.25. The van der Waals surface area contributed by atoms with Gasteiger partial charge in [-0.2, -0.15) is 0 Å². The zero-order chi connectivity index (χ0) is 23.0. The summed E-state index contributed by atoms with van der Waals surface area (Å²) in [6, 6.07) is 14.1. The molecule has 0 bridgehead atoms. The van der Waals surface area contributed by atoms with Gasteiger partial charge in [0.1, 0.15) is 5.75 Å². The molecular formula is C23H23ClN4O4S. The van der Waals surface area contributed by atoms with Crippen molar-refractivity contribution in [3.63, 3.8) is 0 Å². The number of carbonyl (C=O) groups is 2. The summed E-state index contributed by atoms with van der Waals surface area (Å²) < 4.78 is 11.1. The summed E-state index contributed by atoms with van der Waals surface area (Å²) in [7, 11) is 0. The third-order valence-corrected chi connectivity index (χ3v) is 6.28. The molecule has 1 aliphatic heterocycles. The Hall–Kier alpha value is -2.98. The Morgan fingerprint density at radius 1 is 1.12 bits per heavy atom. The lowest BCUT2D eigenvalue weighted by Gasteiger charge is -2.34. The maximum atomic E-state index is 12.4. The molecule has 0 saturated carbocycles. The molecule has 10 heteroatoms. The van der Waals surface area contributed by atoms with Crippen molar-refractivity contribution in [2.24, 2.45) is 0 Å². The Morgan fingerprint density at radius 3 is 2.58 bits per heavy atom. The number of benzene rings is 1. The van der Waals surface area contributed by atoms with E-state index in [4.69, 9.17) is 21.1 Å². The first-order chi connectivity index (χ1) is 16.1. The first-order valence-corrected chi connectivity index (χ1v) is 11.7. The largest absolute Gasteiger partial charge is 0.439 e. The number of aromatic nitrogens is 1. The molecule has 2 N–H and O–H groups in total. The lowest BCUT2D eigenvalue weighted by molar-refractivity contribution is -0.136. The summed E-state index contributed by atoms with van der Waals surface area (Å²) in [5.41, 5.74) is 0.390. The van der Waals surface area contributed by atoms with E-state index in [1.54, 1.807) is 47.7 Å². The molecule has 1 aromatic carbocycles. The van der Waals surface area contributed by atoms with Gasteiger partial charge in [0, 0.05) is 35.6 Å². The summed E-state index contributed by atoms with van der Waals surface area (Å²) in [6.45, 7) is 3.20. The minimum Gasteiger partial charge on any atom is -0.439 e. The van der Waals surface area contributed by atoms with E-state index >= 15 is 0 Å². The van der Waals surface area contributed by atoms with Gasteiger partial charge in [-0.1, -0.05) is 17.7 Å². The number of nitrogens with one attached hydrogen (secondary N) is 2. The third-order valence-electron chi connectivity index (χ3n) is 5.05. The molecule has 1 saturated heterocycles. The molecule has 3 heterocycles. The van der Waals surface area contributed by atoms with Crippen LogP contribution in [-0.2, 0) is 14.3 Å². The van der Waals surface area contributed by atoms with Crippen molar-refractivity contribution in [3.8, 4) is 11.6 Å². The number of ether oxygens (including phenoxy) is 2. The van der Waals surface area contributed by atoms with Gasteiger partial charge < -0.3 is 20.1 Å². The van der Waals surface area contributed by atoms with E-state index < -0.39 is 11.8 Å². The van der Waals surface area contributed by atoms with Gasteiger partial charge in [-0.15, -0.1) is 11.3 Å². The topological polar surface area (TPSA) is 92.8 Å². The Labute approximate surface area is 200 Å². The Balaban J connectivity index is 1.30. The minimum absolute atomic E-state index is 0.00313. The molecule has 1 aliphatic rings. The normalized spacial score (nSPS) is 14.9. The van der Waals surface area contributed by atoms with Crippen molar-refractivity contribution in [2.75, 3.05) is 38.2 Å². The van der Waals surface area contributed by atoms with E-state index in [1.807, 2.05) is 17.5 Å². The lowest BCUT2D eigenvalue weighted by Crippen LogP contribution is -2.45. The smallest absolute Gasteiger partial charge is 0.313 e. The maximum absolute atomic E-state index is 12.4. The molecule has 0 spiro atoms. The standard InChI is InChI=1S/C23H23ClN4O4S/c24-16-3-6-18(7-4-16)32-21-8-5-17(14-25-21)27-23(30)22(29)26-15-19(20-2-1-13-33-20)28-9-11-31-12-10-28/h1-8,13-14,19H,9-12,15H2,(H,26,29)(H,27,30). The highest BCUT2D eigenvalue weighted by atomic mass is 35.5. The fourth-order valence-electron chi connectivity index (χ4n) is 3.38. The van der Waals surface area contributed by atoms with Gasteiger partial charge in [-0.25, -0.2) is 4.98 Å². The van der Waals surface area contributed by atoms with Crippen LogP contribution in [0.5, 0.6) is 11.6 Å². The van der Waals surface area contributed by atoms with Gasteiger partial charge in [-0.05, 0) is 41.8 Å². The van der Waals surface area contributed by atoms with Crippen LogP contribution in [0.1, 0.15) is 10.9 Å². The van der Waals surface area contributed by atoms with Crippen LogP contribution < -0.4 is 15.4 Å². The van der Waals surface area contributed by atoms with Crippen LogP contribution >= 0.6 is 22.9 Å². The van der Waals surface area contributed by atoms with Crippen molar-refractivity contribution in [1.82, 2.24) is 15.2 Å². The summed E-state index contributed by atoms with van der Waals surface area (Å²) >= 11 is 7.49. The van der Waals surface area contributed by atoms with Crippen LogP contribution in [0.3, 0.4) is 0 Å².